The number of nitrogens with two attached hydrogens (primary N) is 1. The van der Waals surface area contributed by atoms with Crippen molar-refractivity contribution in [3.8, 4) is 0 Å². The first-order chi connectivity index (χ1) is 14.2. The van der Waals surface area contributed by atoms with Crippen molar-refractivity contribution in [3.63, 3.8) is 0 Å². The molecule has 0 fully saturated rings. The summed E-state index contributed by atoms with van der Waals surface area (Å²) >= 11 is 0. The minimum absolute atomic E-state index is 0.387. The Kier molecular flexibility index (Phi) is 6.37. The Hall–Kier alpha value is -2.50. The van der Waals surface area contributed by atoms with Gasteiger partial charge in [0.05, 0.1) is 17.4 Å². The third kappa shape index (κ3) is 4.92. The van der Waals surface area contributed by atoms with E-state index in [-0.39, 0.29) is 0 Å². The maximum Gasteiger partial charge on any atom is 0.0624 e. The molecule has 0 saturated carbocycles. The monoisotopic (exact) mass is 389 g/mol. The van der Waals surface area contributed by atoms with Crippen molar-refractivity contribution in [1.29, 1.82) is 0 Å². The van der Waals surface area contributed by atoms with E-state index in [1.54, 1.807) is 0 Å². The molecule has 0 aliphatic heterocycles. The van der Waals surface area contributed by atoms with Crippen molar-refractivity contribution >= 4 is 0 Å². The highest BCUT2D eigenvalue weighted by molar-refractivity contribution is 5.27. The predicted molar refractivity (Wildman–Crippen MR) is 116 cm³/mol. The van der Waals surface area contributed by atoms with E-state index in [0.29, 0.717) is 12.6 Å². The molecule has 5 heteroatoms. The maximum absolute atomic E-state index is 5.77. The lowest BCUT2D eigenvalue weighted by Crippen LogP contribution is -2.33. The van der Waals surface area contributed by atoms with Gasteiger partial charge in [-0.05, 0) is 67.5 Å². The zero-order valence-corrected chi connectivity index (χ0v) is 17.3. The zero-order valence-electron chi connectivity index (χ0n) is 17.3. The molecular weight excluding hydrogens is 358 g/mol. The summed E-state index contributed by atoms with van der Waals surface area (Å²) in [5, 5.41) is 4.53. The van der Waals surface area contributed by atoms with Gasteiger partial charge in [-0.3, -0.25) is 14.6 Å². The largest absolute Gasteiger partial charge is 0.326 e. The van der Waals surface area contributed by atoms with Gasteiger partial charge in [-0.1, -0.05) is 30.3 Å². The molecule has 1 aromatic carbocycles. The number of aryl methyl sites for hydroxylation is 3. The SMILES string of the molecule is Cn1ccc(CCCN(Cc2ccc(CN)cc2)C2CCCc3cccnc32)n1. The number of hydrogen-bond acceptors (Lipinski definition) is 4. The van der Waals surface area contributed by atoms with Gasteiger partial charge in [0.15, 0.2) is 0 Å². The molecule has 1 atom stereocenters. The molecule has 1 aliphatic carbocycles. The van der Waals surface area contributed by atoms with Gasteiger partial charge in [0.1, 0.15) is 0 Å². The fourth-order valence-corrected chi connectivity index (χ4v) is 4.36. The van der Waals surface area contributed by atoms with Crippen LogP contribution in [-0.2, 0) is 33.0 Å². The third-order valence-corrected chi connectivity index (χ3v) is 5.90. The van der Waals surface area contributed by atoms with E-state index in [9.17, 15) is 0 Å². The first-order valence-electron chi connectivity index (χ1n) is 10.7. The number of benzene rings is 1. The lowest BCUT2D eigenvalue weighted by Gasteiger charge is -2.35. The quantitative estimate of drug-likeness (QED) is 0.637. The molecule has 5 nitrogen and oxygen atoms in total. The summed E-state index contributed by atoms with van der Waals surface area (Å²) in [5.41, 5.74) is 12.1. The zero-order chi connectivity index (χ0) is 20.1. The second kappa shape index (κ2) is 9.33. The van der Waals surface area contributed by atoms with Crippen molar-refractivity contribution in [1.82, 2.24) is 19.7 Å². The Labute approximate surface area is 173 Å². The normalized spacial score (nSPS) is 16.2. The molecule has 2 aromatic heterocycles. The molecule has 4 rings (SSSR count). The van der Waals surface area contributed by atoms with E-state index < -0.39 is 0 Å². The first-order valence-corrected chi connectivity index (χ1v) is 10.7. The summed E-state index contributed by atoms with van der Waals surface area (Å²) in [6.07, 6.45) is 9.61. The average Bonchev–Trinajstić information content (AvgIpc) is 3.18. The van der Waals surface area contributed by atoms with Crippen LogP contribution < -0.4 is 5.73 Å². The van der Waals surface area contributed by atoms with Gasteiger partial charge in [0.2, 0.25) is 0 Å². The summed E-state index contributed by atoms with van der Waals surface area (Å²) in [4.78, 5) is 7.40. The topological polar surface area (TPSA) is 60.0 Å². The highest BCUT2D eigenvalue weighted by atomic mass is 15.2. The highest BCUT2D eigenvalue weighted by Crippen LogP contribution is 2.34. The second-order valence-corrected chi connectivity index (χ2v) is 8.03. The van der Waals surface area contributed by atoms with E-state index >= 15 is 0 Å². The van der Waals surface area contributed by atoms with E-state index in [0.717, 1.165) is 32.4 Å². The van der Waals surface area contributed by atoms with Crippen molar-refractivity contribution < 1.29 is 0 Å². The molecule has 152 valence electrons. The minimum Gasteiger partial charge on any atom is -0.326 e. The Balaban J connectivity index is 1.51. The highest BCUT2D eigenvalue weighted by Gasteiger charge is 2.27. The van der Waals surface area contributed by atoms with Crippen LogP contribution in [0.2, 0.25) is 0 Å². The van der Waals surface area contributed by atoms with Gasteiger partial charge < -0.3 is 5.73 Å². The van der Waals surface area contributed by atoms with Gasteiger partial charge in [0.25, 0.3) is 0 Å². The summed E-state index contributed by atoms with van der Waals surface area (Å²) in [6, 6.07) is 15.6. The van der Waals surface area contributed by atoms with Crippen molar-refractivity contribution in [2.24, 2.45) is 12.8 Å². The van der Waals surface area contributed by atoms with Gasteiger partial charge >= 0.3 is 0 Å². The van der Waals surface area contributed by atoms with Crippen LogP contribution in [0.15, 0.2) is 54.9 Å². The lowest BCUT2D eigenvalue weighted by atomic mass is 9.90. The molecule has 0 spiro atoms. The Morgan fingerprint density at radius 1 is 1.14 bits per heavy atom. The molecule has 2 N–H and O–H groups in total. The standard InChI is InChI=1S/C24H31N5/c1-28-16-13-22(27-28)7-4-15-29(18-20-11-9-19(17-25)10-12-20)23-8-2-5-21-6-3-14-26-24(21)23/h3,6,9-14,16,23H,2,4-5,7-8,15,17-18,25H2,1H3. The summed E-state index contributed by atoms with van der Waals surface area (Å²) < 4.78 is 1.88. The Morgan fingerprint density at radius 3 is 2.72 bits per heavy atom. The van der Waals surface area contributed by atoms with Crippen molar-refractivity contribution in [2.75, 3.05) is 6.54 Å². The Bertz CT molecular complexity index is 915. The molecular formula is C24H31N5. The van der Waals surface area contributed by atoms with Crippen LogP contribution in [0.4, 0.5) is 0 Å². The van der Waals surface area contributed by atoms with Crippen molar-refractivity contribution in [2.45, 2.75) is 51.2 Å². The van der Waals surface area contributed by atoms with Crippen LogP contribution in [0, 0.1) is 0 Å². The predicted octanol–water partition coefficient (Wildman–Crippen LogP) is 3.79. The van der Waals surface area contributed by atoms with Crippen molar-refractivity contribution in [3.05, 3.63) is 82.9 Å². The third-order valence-electron chi connectivity index (χ3n) is 5.90. The van der Waals surface area contributed by atoms with Crippen LogP contribution in [0.3, 0.4) is 0 Å². The smallest absolute Gasteiger partial charge is 0.0624 e. The van der Waals surface area contributed by atoms with Gasteiger partial charge in [-0.15, -0.1) is 0 Å². The molecule has 1 unspecified atom stereocenters. The molecule has 1 aliphatic rings. The number of rotatable bonds is 8. The number of fused-ring (bicyclic) bond motifs is 1. The van der Waals surface area contributed by atoms with Gasteiger partial charge in [-0.2, -0.15) is 5.10 Å². The molecule has 0 amide bonds. The first kappa shape index (κ1) is 19.8. The van der Waals surface area contributed by atoms with Crippen LogP contribution in [0.25, 0.3) is 0 Å². The lowest BCUT2D eigenvalue weighted by molar-refractivity contribution is 0.163. The fraction of sp³-hybridized carbons (Fsp3) is 0.417. The van der Waals surface area contributed by atoms with Gasteiger partial charge in [0, 0.05) is 32.5 Å². The number of hydrogen-bond donors (Lipinski definition) is 1. The van der Waals surface area contributed by atoms with Gasteiger partial charge in [-0.25, -0.2) is 0 Å². The second-order valence-electron chi connectivity index (χ2n) is 8.03. The van der Waals surface area contributed by atoms with E-state index in [2.05, 4.69) is 52.5 Å². The minimum atomic E-state index is 0.387. The molecule has 0 radical (unpaired) electrons. The summed E-state index contributed by atoms with van der Waals surface area (Å²) in [7, 11) is 1.98. The molecule has 3 aromatic rings. The van der Waals surface area contributed by atoms with E-state index in [1.165, 1.54) is 40.9 Å². The summed E-state index contributed by atoms with van der Waals surface area (Å²) in [5.74, 6) is 0. The van der Waals surface area contributed by atoms with Crippen LogP contribution in [0.1, 0.15) is 53.4 Å². The number of nitrogens with zero attached hydrogens (tertiary/aromatic N) is 4. The Morgan fingerprint density at radius 2 is 1.97 bits per heavy atom. The van der Waals surface area contributed by atoms with Crippen LogP contribution in [-0.4, -0.2) is 26.2 Å². The summed E-state index contributed by atoms with van der Waals surface area (Å²) in [6.45, 7) is 2.57. The van der Waals surface area contributed by atoms with E-state index in [4.69, 9.17) is 10.7 Å². The van der Waals surface area contributed by atoms with Crippen LogP contribution in [0.5, 0.6) is 0 Å². The maximum atomic E-state index is 5.77. The van der Waals surface area contributed by atoms with E-state index in [1.807, 2.05) is 24.1 Å². The number of aromatic nitrogens is 3. The fourth-order valence-electron chi connectivity index (χ4n) is 4.36. The molecule has 29 heavy (non-hydrogen) atoms. The average molecular weight is 390 g/mol. The molecule has 0 bridgehead atoms. The molecule has 2 heterocycles. The van der Waals surface area contributed by atoms with Crippen LogP contribution >= 0.6 is 0 Å². The molecule has 0 saturated heterocycles. The number of pyridine rings is 1.